The van der Waals surface area contributed by atoms with Crippen LogP contribution < -0.4 is 9.80 Å². The summed E-state index contributed by atoms with van der Waals surface area (Å²) in [4.78, 5) is 16.3. The number of carbonyl (C=O) groups excluding carboxylic acids is 1. The molecule has 0 saturated carbocycles. The molecule has 2 rings (SSSR count). The summed E-state index contributed by atoms with van der Waals surface area (Å²) in [5.41, 5.74) is 3.21. The van der Waals surface area contributed by atoms with Crippen LogP contribution in [-0.2, 0) is 4.79 Å². The van der Waals surface area contributed by atoms with Crippen molar-refractivity contribution in [2.75, 3.05) is 29.9 Å². The monoisotopic (exact) mass is 282 g/mol. The Morgan fingerprint density at radius 3 is 2.29 bits per heavy atom. The van der Waals surface area contributed by atoms with Crippen LogP contribution in [0.4, 0.5) is 11.4 Å². The molecule has 110 valence electrons. The molecule has 0 atom stereocenters. The standard InChI is InChI=1S/C18H22N2O/c1-4-20(17-12-8-9-15(2)13-17)14-18(21)19(3)16-10-6-5-7-11-16/h5-13H,4,14H2,1-3H3. The fourth-order valence-corrected chi connectivity index (χ4v) is 2.28. The zero-order valence-corrected chi connectivity index (χ0v) is 12.9. The maximum absolute atomic E-state index is 12.5. The second-order valence-corrected chi connectivity index (χ2v) is 5.14. The number of aryl methyl sites for hydroxylation is 1. The van der Waals surface area contributed by atoms with Gasteiger partial charge in [-0.1, -0.05) is 30.3 Å². The number of rotatable bonds is 5. The van der Waals surface area contributed by atoms with E-state index in [0.717, 1.165) is 17.9 Å². The van der Waals surface area contributed by atoms with E-state index in [1.807, 2.05) is 49.5 Å². The summed E-state index contributed by atoms with van der Waals surface area (Å²) >= 11 is 0. The molecule has 0 aliphatic heterocycles. The van der Waals surface area contributed by atoms with Gasteiger partial charge in [0.25, 0.3) is 0 Å². The van der Waals surface area contributed by atoms with Crippen LogP contribution in [0.2, 0.25) is 0 Å². The molecule has 2 aromatic rings. The predicted octanol–water partition coefficient (Wildman–Crippen LogP) is 3.48. The van der Waals surface area contributed by atoms with Gasteiger partial charge in [-0.15, -0.1) is 0 Å². The zero-order valence-electron chi connectivity index (χ0n) is 12.9. The Bertz CT molecular complexity index is 595. The van der Waals surface area contributed by atoms with Crippen molar-refractivity contribution < 1.29 is 4.79 Å². The van der Waals surface area contributed by atoms with Crippen LogP contribution in [0.15, 0.2) is 54.6 Å². The highest BCUT2D eigenvalue weighted by molar-refractivity contribution is 5.95. The van der Waals surface area contributed by atoms with Crippen molar-refractivity contribution >= 4 is 17.3 Å². The molecule has 0 radical (unpaired) electrons. The van der Waals surface area contributed by atoms with Gasteiger partial charge in [0.2, 0.25) is 5.91 Å². The van der Waals surface area contributed by atoms with Crippen LogP contribution >= 0.6 is 0 Å². The highest BCUT2D eigenvalue weighted by Crippen LogP contribution is 2.17. The minimum Gasteiger partial charge on any atom is -0.362 e. The van der Waals surface area contributed by atoms with Gasteiger partial charge >= 0.3 is 0 Å². The minimum atomic E-state index is 0.0876. The molecule has 0 aliphatic rings. The van der Waals surface area contributed by atoms with Crippen molar-refractivity contribution in [3.05, 3.63) is 60.2 Å². The molecule has 0 aromatic heterocycles. The van der Waals surface area contributed by atoms with E-state index in [4.69, 9.17) is 0 Å². The van der Waals surface area contributed by atoms with E-state index < -0.39 is 0 Å². The SMILES string of the molecule is CCN(CC(=O)N(C)c1ccccc1)c1cccc(C)c1. The summed E-state index contributed by atoms with van der Waals surface area (Å²) in [6.07, 6.45) is 0. The molecular formula is C18H22N2O. The van der Waals surface area contributed by atoms with Gasteiger partial charge in [-0.3, -0.25) is 4.79 Å². The second kappa shape index (κ2) is 6.93. The van der Waals surface area contributed by atoms with E-state index in [1.54, 1.807) is 4.90 Å². The van der Waals surface area contributed by atoms with Crippen LogP contribution in [0.3, 0.4) is 0 Å². The summed E-state index contributed by atoms with van der Waals surface area (Å²) in [5, 5.41) is 0. The molecule has 0 unspecified atom stereocenters. The smallest absolute Gasteiger partial charge is 0.246 e. The maximum Gasteiger partial charge on any atom is 0.246 e. The fraction of sp³-hybridized carbons (Fsp3) is 0.278. The first kappa shape index (κ1) is 15.1. The van der Waals surface area contributed by atoms with Crippen LogP contribution in [0.5, 0.6) is 0 Å². The Morgan fingerprint density at radius 2 is 1.67 bits per heavy atom. The summed E-state index contributed by atoms with van der Waals surface area (Å²) in [6.45, 7) is 5.32. The topological polar surface area (TPSA) is 23.6 Å². The number of amides is 1. The molecule has 2 aromatic carbocycles. The lowest BCUT2D eigenvalue weighted by Crippen LogP contribution is -2.38. The van der Waals surface area contributed by atoms with Gasteiger partial charge in [0.15, 0.2) is 0 Å². The molecule has 0 N–H and O–H groups in total. The van der Waals surface area contributed by atoms with Crippen molar-refractivity contribution in [3.8, 4) is 0 Å². The molecule has 0 spiro atoms. The third-order valence-electron chi connectivity index (χ3n) is 3.59. The maximum atomic E-state index is 12.5. The molecule has 0 heterocycles. The quantitative estimate of drug-likeness (QED) is 0.838. The van der Waals surface area contributed by atoms with Crippen LogP contribution in [-0.4, -0.2) is 26.0 Å². The predicted molar refractivity (Wildman–Crippen MR) is 88.9 cm³/mol. The van der Waals surface area contributed by atoms with Crippen LogP contribution in [0, 0.1) is 6.92 Å². The first-order chi connectivity index (χ1) is 10.1. The third kappa shape index (κ3) is 3.85. The van der Waals surface area contributed by atoms with Crippen LogP contribution in [0.25, 0.3) is 0 Å². The molecule has 21 heavy (non-hydrogen) atoms. The molecule has 1 amide bonds. The van der Waals surface area contributed by atoms with Gasteiger partial charge in [-0.2, -0.15) is 0 Å². The Hall–Kier alpha value is -2.29. The number of anilines is 2. The summed E-state index contributed by atoms with van der Waals surface area (Å²) in [6, 6.07) is 18.0. The van der Waals surface area contributed by atoms with Crippen molar-refractivity contribution in [2.45, 2.75) is 13.8 Å². The van der Waals surface area contributed by atoms with Gasteiger partial charge in [0.05, 0.1) is 6.54 Å². The van der Waals surface area contributed by atoms with E-state index in [-0.39, 0.29) is 5.91 Å². The molecular weight excluding hydrogens is 260 g/mol. The number of benzene rings is 2. The fourth-order valence-electron chi connectivity index (χ4n) is 2.28. The Kier molecular flexibility index (Phi) is 4.99. The van der Waals surface area contributed by atoms with Crippen molar-refractivity contribution in [1.29, 1.82) is 0 Å². The average molecular weight is 282 g/mol. The van der Waals surface area contributed by atoms with Gasteiger partial charge in [-0.25, -0.2) is 0 Å². The summed E-state index contributed by atoms with van der Waals surface area (Å²) < 4.78 is 0. The first-order valence-electron chi connectivity index (χ1n) is 7.25. The van der Waals surface area contributed by atoms with Crippen LogP contribution in [0.1, 0.15) is 12.5 Å². The highest BCUT2D eigenvalue weighted by atomic mass is 16.2. The Balaban J connectivity index is 2.10. The number of hydrogen-bond donors (Lipinski definition) is 0. The van der Waals surface area contributed by atoms with Crippen molar-refractivity contribution in [2.24, 2.45) is 0 Å². The zero-order chi connectivity index (χ0) is 15.2. The van der Waals surface area contributed by atoms with Crippen molar-refractivity contribution in [3.63, 3.8) is 0 Å². The van der Waals surface area contributed by atoms with E-state index in [0.29, 0.717) is 6.54 Å². The molecule has 3 nitrogen and oxygen atoms in total. The van der Waals surface area contributed by atoms with E-state index in [9.17, 15) is 4.79 Å². The minimum absolute atomic E-state index is 0.0876. The molecule has 0 fully saturated rings. The second-order valence-electron chi connectivity index (χ2n) is 5.14. The van der Waals surface area contributed by atoms with Gasteiger partial charge < -0.3 is 9.80 Å². The van der Waals surface area contributed by atoms with E-state index in [2.05, 4.69) is 30.9 Å². The summed E-state index contributed by atoms with van der Waals surface area (Å²) in [7, 11) is 1.82. The Labute approximate surface area is 126 Å². The highest BCUT2D eigenvalue weighted by Gasteiger charge is 2.15. The van der Waals surface area contributed by atoms with E-state index in [1.165, 1.54) is 5.56 Å². The first-order valence-corrected chi connectivity index (χ1v) is 7.25. The lowest BCUT2D eigenvalue weighted by atomic mass is 10.2. The molecule has 0 bridgehead atoms. The third-order valence-corrected chi connectivity index (χ3v) is 3.59. The molecule has 0 saturated heterocycles. The molecule has 0 aliphatic carbocycles. The Morgan fingerprint density at radius 1 is 1.00 bits per heavy atom. The number of likely N-dealkylation sites (N-methyl/N-ethyl adjacent to an activating group) is 2. The summed E-state index contributed by atoms with van der Waals surface area (Å²) in [5.74, 6) is 0.0876. The lowest BCUT2D eigenvalue weighted by Gasteiger charge is -2.26. The lowest BCUT2D eigenvalue weighted by molar-refractivity contribution is -0.117. The van der Waals surface area contributed by atoms with Gasteiger partial charge in [0.1, 0.15) is 0 Å². The number of hydrogen-bond acceptors (Lipinski definition) is 2. The number of nitrogens with zero attached hydrogens (tertiary/aromatic N) is 2. The average Bonchev–Trinajstić information content (AvgIpc) is 2.52. The van der Waals surface area contributed by atoms with E-state index >= 15 is 0 Å². The number of para-hydroxylation sites is 1. The largest absolute Gasteiger partial charge is 0.362 e. The normalized spacial score (nSPS) is 10.2. The van der Waals surface area contributed by atoms with Crippen molar-refractivity contribution in [1.82, 2.24) is 0 Å². The molecule has 3 heteroatoms. The van der Waals surface area contributed by atoms with Gasteiger partial charge in [0, 0.05) is 25.0 Å². The van der Waals surface area contributed by atoms with Gasteiger partial charge in [-0.05, 0) is 43.7 Å². The number of carbonyl (C=O) groups is 1.